The number of furan rings is 1. The van der Waals surface area contributed by atoms with Gasteiger partial charge in [-0.3, -0.25) is 14.9 Å². The first kappa shape index (κ1) is 18.2. The topological polar surface area (TPSA) is 116 Å². The van der Waals surface area contributed by atoms with Crippen LogP contribution in [0.1, 0.15) is 5.76 Å². The molecule has 1 N–H and O–H groups in total. The van der Waals surface area contributed by atoms with E-state index in [-0.39, 0.29) is 12.3 Å². The fourth-order valence-electron chi connectivity index (χ4n) is 2.79. The van der Waals surface area contributed by atoms with Gasteiger partial charge in [-0.05, 0) is 30.3 Å². The zero-order chi connectivity index (χ0) is 20.2. The lowest BCUT2D eigenvalue weighted by atomic mass is 10.1. The van der Waals surface area contributed by atoms with Crippen molar-refractivity contribution >= 4 is 17.8 Å². The molecule has 0 aliphatic carbocycles. The summed E-state index contributed by atoms with van der Waals surface area (Å²) < 4.78 is 16.7. The molecule has 9 nitrogen and oxygen atoms in total. The lowest BCUT2D eigenvalue weighted by molar-refractivity contribution is -0.384. The Morgan fingerprint density at radius 1 is 1.10 bits per heavy atom. The molecule has 29 heavy (non-hydrogen) atoms. The van der Waals surface area contributed by atoms with Crippen molar-refractivity contribution in [2.75, 3.05) is 6.61 Å². The second-order valence-corrected chi connectivity index (χ2v) is 6.07. The zero-order valence-electron chi connectivity index (χ0n) is 15.0. The molecule has 1 aliphatic heterocycles. The van der Waals surface area contributed by atoms with Gasteiger partial charge < -0.3 is 13.9 Å². The maximum Gasteiger partial charge on any atom is 0.284 e. The van der Waals surface area contributed by atoms with E-state index in [1.807, 2.05) is 6.07 Å². The maximum absolute atomic E-state index is 12.2. The van der Waals surface area contributed by atoms with E-state index < -0.39 is 16.9 Å². The summed E-state index contributed by atoms with van der Waals surface area (Å²) in [5, 5.41) is 15.0. The molecule has 0 spiro atoms. The number of hydrogen-bond donors (Lipinski definition) is 1. The minimum Gasteiger partial charge on any atom is -0.485 e. The van der Waals surface area contributed by atoms with Crippen molar-refractivity contribution < 1.29 is 23.6 Å². The summed E-state index contributed by atoms with van der Waals surface area (Å²) in [4.78, 5) is 22.9. The fourth-order valence-corrected chi connectivity index (χ4v) is 2.79. The molecular formula is C20H15N3O6. The molecular weight excluding hydrogens is 378 g/mol. The third-order valence-electron chi connectivity index (χ3n) is 4.16. The summed E-state index contributed by atoms with van der Waals surface area (Å²) in [6.45, 7) is 0.0704. The van der Waals surface area contributed by atoms with Crippen molar-refractivity contribution in [2.24, 2.45) is 5.10 Å². The van der Waals surface area contributed by atoms with Crippen LogP contribution < -0.4 is 14.9 Å². The Labute approximate surface area is 164 Å². The van der Waals surface area contributed by atoms with Gasteiger partial charge in [0, 0.05) is 6.07 Å². The highest BCUT2D eigenvalue weighted by atomic mass is 16.6. The van der Waals surface area contributed by atoms with Crippen LogP contribution in [0.5, 0.6) is 11.5 Å². The molecule has 3 aromatic rings. The monoisotopic (exact) mass is 393 g/mol. The second kappa shape index (κ2) is 7.85. The molecule has 1 atom stereocenters. The van der Waals surface area contributed by atoms with Crippen LogP contribution in [-0.2, 0) is 4.79 Å². The van der Waals surface area contributed by atoms with Crippen LogP contribution in [0.4, 0.5) is 5.69 Å². The van der Waals surface area contributed by atoms with E-state index in [0.29, 0.717) is 28.6 Å². The van der Waals surface area contributed by atoms with Crippen molar-refractivity contribution in [3.8, 4) is 22.8 Å². The Hall–Kier alpha value is -4.14. The summed E-state index contributed by atoms with van der Waals surface area (Å²) in [7, 11) is 0. The molecule has 1 aromatic heterocycles. The van der Waals surface area contributed by atoms with E-state index in [1.54, 1.807) is 48.5 Å². The molecule has 2 aromatic carbocycles. The highest BCUT2D eigenvalue weighted by Crippen LogP contribution is 2.31. The molecule has 0 bridgehead atoms. The number of carbonyl (C=O) groups excluding carboxylic acids is 1. The third-order valence-corrected chi connectivity index (χ3v) is 4.16. The number of ether oxygens (including phenoxy) is 2. The molecule has 0 fully saturated rings. The number of fused-ring (bicyclic) bond motifs is 1. The van der Waals surface area contributed by atoms with E-state index in [1.165, 1.54) is 12.3 Å². The average molecular weight is 393 g/mol. The Morgan fingerprint density at radius 2 is 1.86 bits per heavy atom. The number of hydrazone groups is 1. The molecule has 146 valence electrons. The Balaban J connectivity index is 1.40. The maximum atomic E-state index is 12.2. The number of carbonyl (C=O) groups is 1. The van der Waals surface area contributed by atoms with Gasteiger partial charge in [0.05, 0.1) is 16.7 Å². The normalized spacial score (nSPS) is 15.2. The summed E-state index contributed by atoms with van der Waals surface area (Å²) >= 11 is 0. The van der Waals surface area contributed by atoms with Crippen molar-refractivity contribution in [1.29, 1.82) is 0 Å². The standard InChI is InChI=1S/C20H15N3O6/c24-20(19-12-27-17-7-3-4-8-18(17)29-19)22-21-11-13-9-10-16(28-13)14-5-1-2-6-15(14)23(25)26/h1-11,19H,12H2,(H,22,24)/t19-/m1/s1. The number of amides is 1. The van der Waals surface area contributed by atoms with E-state index in [9.17, 15) is 14.9 Å². The SMILES string of the molecule is O=C(NN=Cc1ccc(-c2ccccc2[N+](=O)[O-])o1)[C@H]1COc2ccccc2O1. The van der Waals surface area contributed by atoms with Gasteiger partial charge in [-0.1, -0.05) is 24.3 Å². The Kier molecular flexibility index (Phi) is 4.93. The van der Waals surface area contributed by atoms with Gasteiger partial charge in [0.25, 0.3) is 11.6 Å². The lowest BCUT2D eigenvalue weighted by Crippen LogP contribution is -2.42. The number of nitrogens with one attached hydrogen (secondary N) is 1. The molecule has 1 aliphatic rings. The van der Waals surface area contributed by atoms with Crippen LogP contribution in [0.3, 0.4) is 0 Å². The first-order valence-corrected chi connectivity index (χ1v) is 8.67. The van der Waals surface area contributed by atoms with Gasteiger partial charge in [-0.25, -0.2) is 5.43 Å². The molecule has 0 unspecified atom stereocenters. The molecule has 2 heterocycles. The highest BCUT2D eigenvalue weighted by molar-refractivity contribution is 5.84. The number of nitro benzene ring substituents is 1. The minimum atomic E-state index is -0.832. The molecule has 0 radical (unpaired) electrons. The summed E-state index contributed by atoms with van der Waals surface area (Å²) in [6, 6.07) is 16.5. The Morgan fingerprint density at radius 3 is 2.69 bits per heavy atom. The van der Waals surface area contributed by atoms with Gasteiger partial charge in [0.2, 0.25) is 6.10 Å². The largest absolute Gasteiger partial charge is 0.485 e. The van der Waals surface area contributed by atoms with E-state index in [0.717, 1.165) is 0 Å². The first-order chi connectivity index (χ1) is 14.1. The number of hydrogen-bond acceptors (Lipinski definition) is 7. The molecule has 0 saturated carbocycles. The number of benzene rings is 2. The molecule has 1 amide bonds. The van der Waals surface area contributed by atoms with Crippen LogP contribution in [-0.4, -0.2) is 29.8 Å². The fraction of sp³-hybridized carbons (Fsp3) is 0.100. The smallest absolute Gasteiger partial charge is 0.284 e. The zero-order valence-corrected chi connectivity index (χ0v) is 15.0. The Bertz CT molecular complexity index is 1090. The van der Waals surface area contributed by atoms with E-state index in [4.69, 9.17) is 13.9 Å². The molecule has 4 rings (SSSR count). The lowest BCUT2D eigenvalue weighted by Gasteiger charge is -2.24. The van der Waals surface area contributed by atoms with Gasteiger partial charge in [-0.15, -0.1) is 0 Å². The predicted molar refractivity (Wildman–Crippen MR) is 103 cm³/mol. The van der Waals surface area contributed by atoms with Crippen LogP contribution in [0, 0.1) is 10.1 Å². The number of nitro groups is 1. The number of nitrogens with zero attached hydrogens (tertiary/aromatic N) is 2. The quantitative estimate of drug-likeness (QED) is 0.404. The van der Waals surface area contributed by atoms with Crippen LogP contribution in [0.15, 0.2) is 70.2 Å². The van der Waals surface area contributed by atoms with Crippen LogP contribution in [0.2, 0.25) is 0 Å². The second-order valence-electron chi connectivity index (χ2n) is 6.07. The summed E-state index contributed by atoms with van der Waals surface area (Å²) in [6.07, 6.45) is 0.467. The molecule has 9 heteroatoms. The van der Waals surface area contributed by atoms with Crippen LogP contribution in [0.25, 0.3) is 11.3 Å². The van der Waals surface area contributed by atoms with Crippen molar-refractivity contribution in [2.45, 2.75) is 6.10 Å². The number of rotatable bonds is 5. The van der Waals surface area contributed by atoms with Gasteiger partial charge in [-0.2, -0.15) is 5.10 Å². The first-order valence-electron chi connectivity index (χ1n) is 8.67. The number of para-hydroxylation sites is 3. The summed E-state index contributed by atoms with van der Waals surface area (Å²) in [5.41, 5.74) is 2.66. The third kappa shape index (κ3) is 3.93. The van der Waals surface area contributed by atoms with Gasteiger partial charge in [0.15, 0.2) is 11.5 Å². The van der Waals surface area contributed by atoms with E-state index >= 15 is 0 Å². The predicted octanol–water partition coefficient (Wildman–Crippen LogP) is 3.14. The van der Waals surface area contributed by atoms with Crippen molar-refractivity contribution in [1.82, 2.24) is 5.43 Å². The van der Waals surface area contributed by atoms with E-state index in [2.05, 4.69) is 10.5 Å². The average Bonchev–Trinajstić information content (AvgIpc) is 3.22. The highest BCUT2D eigenvalue weighted by Gasteiger charge is 2.27. The molecule has 0 saturated heterocycles. The van der Waals surface area contributed by atoms with Crippen molar-refractivity contribution in [3.63, 3.8) is 0 Å². The van der Waals surface area contributed by atoms with Crippen LogP contribution >= 0.6 is 0 Å². The van der Waals surface area contributed by atoms with Gasteiger partial charge >= 0.3 is 0 Å². The summed E-state index contributed by atoms with van der Waals surface area (Å²) in [5.74, 6) is 1.25. The van der Waals surface area contributed by atoms with Gasteiger partial charge in [0.1, 0.15) is 18.1 Å². The van der Waals surface area contributed by atoms with Crippen molar-refractivity contribution in [3.05, 3.63) is 76.5 Å². The minimum absolute atomic E-state index is 0.0617.